The van der Waals surface area contributed by atoms with Gasteiger partial charge in [-0.2, -0.15) is 4.98 Å². The van der Waals surface area contributed by atoms with Gasteiger partial charge in [-0.3, -0.25) is 4.79 Å². The molecule has 100 valence electrons. The zero-order chi connectivity index (χ0) is 13.4. The maximum atomic E-state index is 10.9. The summed E-state index contributed by atoms with van der Waals surface area (Å²) in [4.78, 5) is 15.3. The van der Waals surface area contributed by atoms with Crippen molar-refractivity contribution in [1.29, 1.82) is 0 Å². The van der Waals surface area contributed by atoms with E-state index in [9.17, 15) is 4.79 Å². The van der Waals surface area contributed by atoms with E-state index in [1.165, 1.54) is 0 Å². The van der Waals surface area contributed by atoms with Crippen LogP contribution in [-0.2, 0) is 4.79 Å². The summed E-state index contributed by atoms with van der Waals surface area (Å²) >= 11 is 0. The molecule has 2 unspecified atom stereocenters. The molecule has 0 aromatic carbocycles. The second kappa shape index (κ2) is 4.53. The molecule has 1 fully saturated rings. The van der Waals surface area contributed by atoms with E-state index in [1.54, 1.807) is 6.26 Å². The fourth-order valence-electron chi connectivity index (χ4n) is 2.53. The van der Waals surface area contributed by atoms with Crippen molar-refractivity contribution in [2.45, 2.75) is 32.1 Å². The molecule has 0 aliphatic heterocycles. The third-order valence-electron chi connectivity index (χ3n) is 3.64. The van der Waals surface area contributed by atoms with Crippen LogP contribution in [0, 0.1) is 12.8 Å². The zero-order valence-corrected chi connectivity index (χ0v) is 10.5. The van der Waals surface area contributed by atoms with Crippen LogP contribution in [0.5, 0.6) is 0 Å². The van der Waals surface area contributed by atoms with Crippen molar-refractivity contribution in [3.05, 3.63) is 23.8 Å². The molecule has 1 saturated carbocycles. The maximum Gasteiger partial charge on any atom is 0.306 e. The molecule has 0 spiro atoms. The molecule has 0 amide bonds. The van der Waals surface area contributed by atoms with Crippen molar-refractivity contribution in [2.24, 2.45) is 5.92 Å². The molecule has 0 radical (unpaired) electrons. The lowest BCUT2D eigenvalue weighted by molar-refractivity contribution is -0.141. The van der Waals surface area contributed by atoms with E-state index in [4.69, 9.17) is 14.0 Å². The number of rotatable bonds is 3. The topological polar surface area (TPSA) is 89.4 Å². The Hall–Kier alpha value is -2.11. The molecular weight excluding hydrogens is 248 g/mol. The van der Waals surface area contributed by atoms with Crippen LogP contribution in [-0.4, -0.2) is 21.2 Å². The van der Waals surface area contributed by atoms with E-state index in [0.29, 0.717) is 30.3 Å². The summed E-state index contributed by atoms with van der Waals surface area (Å²) in [5.41, 5.74) is 0.946. The summed E-state index contributed by atoms with van der Waals surface area (Å²) in [5, 5.41) is 12.9. The third-order valence-corrected chi connectivity index (χ3v) is 3.64. The minimum absolute atomic E-state index is 0.0395. The number of carboxylic acid groups (broad SMARTS) is 1. The highest BCUT2D eigenvalue weighted by atomic mass is 16.5. The molecule has 0 saturated heterocycles. The highest BCUT2D eigenvalue weighted by molar-refractivity contribution is 5.70. The average molecular weight is 262 g/mol. The van der Waals surface area contributed by atoms with Gasteiger partial charge in [0.2, 0.25) is 11.7 Å². The van der Waals surface area contributed by atoms with Gasteiger partial charge in [-0.15, -0.1) is 0 Å². The minimum atomic E-state index is -0.746. The molecule has 1 N–H and O–H groups in total. The molecule has 2 atom stereocenters. The number of hydrogen-bond acceptors (Lipinski definition) is 5. The fraction of sp³-hybridized carbons (Fsp3) is 0.462. The first-order valence-corrected chi connectivity index (χ1v) is 6.26. The van der Waals surface area contributed by atoms with Crippen LogP contribution in [0.25, 0.3) is 11.6 Å². The van der Waals surface area contributed by atoms with Crippen LogP contribution in [0.4, 0.5) is 0 Å². The van der Waals surface area contributed by atoms with Gasteiger partial charge in [0.1, 0.15) is 0 Å². The molecule has 1 aliphatic carbocycles. The summed E-state index contributed by atoms with van der Waals surface area (Å²) in [7, 11) is 0. The first-order valence-electron chi connectivity index (χ1n) is 6.26. The second-order valence-corrected chi connectivity index (χ2v) is 4.93. The second-order valence-electron chi connectivity index (χ2n) is 4.93. The van der Waals surface area contributed by atoms with E-state index in [2.05, 4.69) is 10.1 Å². The van der Waals surface area contributed by atoms with Crippen LogP contribution >= 0.6 is 0 Å². The summed E-state index contributed by atoms with van der Waals surface area (Å²) in [5.74, 6) is 0.529. The Bertz CT molecular complexity index is 601. The number of nitrogens with zero attached hydrogens (tertiary/aromatic N) is 2. The lowest BCUT2D eigenvalue weighted by Gasteiger charge is -2.02. The van der Waals surface area contributed by atoms with Gasteiger partial charge in [0.15, 0.2) is 5.76 Å². The first kappa shape index (κ1) is 12.0. The predicted molar refractivity (Wildman–Crippen MR) is 64.5 cm³/mol. The summed E-state index contributed by atoms with van der Waals surface area (Å²) < 4.78 is 10.5. The Morgan fingerprint density at radius 1 is 1.47 bits per heavy atom. The lowest BCUT2D eigenvalue weighted by Crippen LogP contribution is -2.09. The van der Waals surface area contributed by atoms with Gasteiger partial charge in [-0.25, -0.2) is 0 Å². The molecule has 3 rings (SSSR count). The van der Waals surface area contributed by atoms with Gasteiger partial charge >= 0.3 is 5.97 Å². The van der Waals surface area contributed by atoms with Gasteiger partial charge in [-0.05, 0) is 37.8 Å². The predicted octanol–water partition coefficient (Wildman–Crippen LogP) is 2.61. The van der Waals surface area contributed by atoms with E-state index in [-0.39, 0.29) is 11.8 Å². The Balaban J connectivity index is 1.79. The number of carbonyl (C=O) groups is 1. The van der Waals surface area contributed by atoms with Crippen molar-refractivity contribution in [1.82, 2.24) is 10.1 Å². The van der Waals surface area contributed by atoms with Crippen molar-refractivity contribution >= 4 is 5.97 Å². The van der Waals surface area contributed by atoms with E-state index in [0.717, 1.165) is 12.0 Å². The molecule has 0 bridgehead atoms. The summed E-state index contributed by atoms with van der Waals surface area (Å²) in [6.45, 7) is 1.91. The maximum absolute atomic E-state index is 10.9. The molecule has 19 heavy (non-hydrogen) atoms. The van der Waals surface area contributed by atoms with E-state index < -0.39 is 5.97 Å². The number of hydrogen-bond donors (Lipinski definition) is 1. The summed E-state index contributed by atoms with van der Waals surface area (Å²) in [6, 6.07) is 1.83. The van der Waals surface area contributed by atoms with Crippen molar-refractivity contribution in [3.8, 4) is 11.6 Å². The van der Waals surface area contributed by atoms with Crippen LogP contribution in [0.2, 0.25) is 0 Å². The molecule has 6 heteroatoms. The quantitative estimate of drug-likeness (QED) is 0.914. The minimum Gasteiger partial charge on any atom is -0.481 e. The summed E-state index contributed by atoms with van der Waals surface area (Å²) in [6.07, 6.45) is 3.58. The van der Waals surface area contributed by atoms with Gasteiger partial charge in [0.05, 0.1) is 12.2 Å². The van der Waals surface area contributed by atoms with Gasteiger partial charge in [0.25, 0.3) is 0 Å². The standard InChI is InChI=1S/C13H14N2O4/c1-7-4-5-18-10(7)11-14-12(19-15-11)8-2-3-9(6-8)13(16)17/h4-5,8-9H,2-3,6H2,1H3,(H,16,17). The molecule has 1 aliphatic rings. The Kier molecular flexibility index (Phi) is 2.85. The molecule has 2 heterocycles. The zero-order valence-electron chi connectivity index (χ0n) is 10.5. The first-order chi connectivity index (χ1) is 9.15. The number of carboxylic acids is 1. The van der Waals surface area contributed by atoms with Crippen LogP contribution < -0.4 is 0 Å². The number of aromatic nitrogens is 2. The van der Waals surface area contributed by atoms with Crippen molar-refractivity contribution in [3.63, 3.8) is 0 Å². The van der Waals surface area contributed by atoms with Crippen LogP contribution in [0.1, 0.15) is 36.6 Å². The number of aliphatic carboxylic acids is 1. The van der Waals surface area contributed by atoms with Crippen LogP contribution in [0.15, 0.2) is 21.3 Å². The highest BCUT2D eigenvalue weighted by Gasteiger charge is 2.34. The largest absolute Gasteiger partial charge is 0.481 e. The third kappa shape index (κ3) is 2.14. The average Bonchev–Trinajstić information content (AvgIpc) is 3.07. The van der Waals surface area contributed by atoms with E-state index >= 15 is 0 Å². The number of aryl methyl sites for hydroxylation is 1. The smallest absolute Gasteiger partial charge is 0.306 e. The fourth-order valence-corrected chi connectivity index (χ4v) is 2.53. The monoisotopic (exact) mass is 262 g/mol. The van der Waals surface area contributed by atoms with Crippen LogP contribution in [0.3, 0.4) is 0 Å². The van der Waals surface area contributed by atoms with Crippen molar-refractivity contribution < 1.29 is 18.8 Å². The molecule has 2 aromatic heterocycles. The van der Waals surface area contributed by atoms with Gasteiger partial charge in [-0.1, -0.05) is 5.16 Å². The Labute approximate surface area is 109 Å². The normalized spacial score (nSPS) is 22.8. The van der Waals surface area contributed by atoms with Gasteiger partial charge in [0, 0.05) is 5.92 Å². The lowest BCUT2D eigenvalue weighted by atomic mass is 10.1. The van der Waals surface area contributed by atoms with E-state index in [1.807, 2.05) is 13.0 Å². The molecular formula is C13H14N2O4. The van der Waals surface area contributed by atoms with Crippen molar-refractivity contribution in [2.75, 3.05) is 0 Å². The Morgan fingerprint density at radius 2 is 2.32 bits per heavy atom. The SMILES string of the molecule is Cc1ccoc1-c1noc(C2CCC(C(=O)O)C2)n1. The Morgan fingerprint density at radius 3 is 2.95 bits per heavy atom. The highest BCUT2D eigenvalue weighted by Crippen LogP contribution is 2.38. The number of furan rings is 1. The van der Waals surface area contributed by atoms with Gasteiger partial charge < -0.3 is 14.0 Å². The molecule has 2 aromatic rings. The molecule has 6 nitrogen and oxygen atoms in total.